The zero-order valence-corrected chi connectivity index (χ0v) is 12.5. The van der Waals surface area contributed by atoms with Crippen LogP contribution in [0.15, 0.2) is 18.3 Å². The van der Waals surface area contributed by atoms with Gasteiger partial charge >= 0.3 is 0 Å². The van der Waals surface area contributed by atoms with Gasteiger partial charge in [-0.15, -0.1) is 0 Å². The summed E-state index contributed by atoms with van der Waals surface area (Å²) in [5.41, 5.74) is 1.72. The molecule has 0 aliphatic carbocycles. The molecule has 2 N–H and O–H groups in total. The molecule has 1 fully saturated rings. The van der Waals surface area contributed by atoms with E-state index in [1.807, 2.05) is 33.2 Å². The molecule has 1 aromatic heterocycles. The van der Waals surface area contributed by atoms with Crippen molar-refractivity contribution < 1.29 is 10.2 Å². The number of nitrogens with zero attached hydrogens (tertiary/aromatic N) is 3. The minimum atomic E-state index is -0.495. The predicted molar refractivity (Wildman–Crippen MR) is 79.8 cm³/mol. The van der Waals surface area contributed by atoms with Gasteiger partial charge in [-0.1, -0.05) is 6.92 Å². The minimum absolute atomic E-state index is 0.277. The second-order valence-electron chi connectivity index (χ2n) is 5.82. The van der Waals surface area contributed by atoms with Gasteiger partial charge in [-0.2, -0.15) is 0 Å². The highest BCUT2D eigenvalue weighted by Gasteiger charge is 2.31. The number of hydrogen-bond acceptors (Lipinski definition) is 5. The average molecular weight is 279 g/mol. The molecule has 0 spiro atoms. The van der Waals surface area contributed by atoms with Gasteiger partial charge in [-0.05, 0) is 39.1 Å². The number of hydrogen-bond donors (Lipinski definition) is 2. The third kappa shape index (κ3) is 3.48. The van der Waals surface area contributed by atoms with Crippen molar-refractivity contribution in [2.75, 3.05) is 32.1 Å². The van der Waals surface area contributed by atoms with Crippen molar-refractivity contribution in [3.05, 3.63) is 24.0 Å². The van der Waals surface area contributed by atoms with E-state index in [0.717, 1.165) is 18.7 Å². The highest BCUT2D eigenvalue weighted by molar-refractivity contribution is 5.47. The summed E-state index contributed by atoms with van der Waals surface area (Å²) >= 11 is 0. The molecule has 0 saturated carbocycles. The summed E-state index contributed by atoms with van der Waals surface area (Å²) in [6.07, 6.45) is 2.48. The SMILES string of the molecule is CCC(O)c1ccc(N2CC(O)CC2CN(C)C)cn1. The normalized spacial score (nSPS) is 24.4. The smallest absolute Gasteiger partial charge is 0.0957 e. The van der Waals surface area contributed by atoms with Crippen LogP contribution in [0.5, 0.6) is 0 Å². The lowest BCUT2D eigenvalue weighted by molar-refractivity contribution is 0.169. The van der Waals surface area contributed by atoms with Crippen LogP contribution in [-0.2, 0) is 0 Å². The summed E-state index contributed by atoms with van der Waals surface area (Å²) in [4.78, 5) is 8.69. The Morgan fingerprint density at radius 1 is 1.45 bits per heavy atom. The summed E-state index contributed by atoms with van der Waals surface area (Å²) < 4.78 is 0. The molecule has 0 aromatic carbocycles. The van der Waals surface area contributed by atoms with Gasteiger partial charge in [0.05, 0.1) is 29.8 Å². The molecule has 1 saturated heterocycles. The Hall–Kier alpha value is -1.17. The number of likely N-dealkylation sites (N-methyl/N-ethyl adjacent to an activating group) is 1. The summed E-state index contributed by atoms with van der Waals surface area (Å²) in [5, 5.41) is 19.7. The van der Waals surface area contributed by atoms with Gasteiger partial charge in [-0.25, -0.2) is 0 Å². The van der Waals surface area contributed by atoms with E-state index in [-0.39, 0.29) is 6.10 Å². The van der Waals surface area contributed by atoms with Gasteiger partial charge in [0, 0.05) is 19.1 Å². The van der Waals surface area contributed by atoms with E-state index in [1.165, 1.54) is 0 Å². The lowest BCUT2D eigenvalue weighted by Gasteiger charge is -2.28. The number of aliphatic hydroxyl groups excluding tert-OH is 2. The first-order valence-corrected chi connectivity index (χ1v) is 7.24. The van der Waals surface area contributed by atoms with Crippen LogP contribution in [0.4, 0.5) is 5.69 Å². The predicted octanol–water partition coefficient (Wildman–Crippen LogP) is 1.03. The molecule has 0 amide bonds. The van der Waals surface area contributed by atoms with Gasteiger partial charge in [0.1, 0.15) is 0 Å². The summed E-state index contributed by atoms with van der Waals surface area (Å²) in [5.74, 6) is 0. The summed E-state index contributed by atoms with van der Waals surface area (Å²) in [6.45, 7) is 3.50. The van der Waals surface area contributed by atoms with E-state index in [0.29, 0.717) is 24.7 Å². The van der Waals surface area contributed by atoms with Gasteiger partial charge in [0.25, 0.3) is 0 Å². The molecule has 5 heteroatoms. The fraction of sp³-hybridized carbons (Fsp3) is 0.667. The molecule has 0 radical (unpaired) electrons. The van der Waals surface area contributed by atoms with E-state index < -0.39 is 6.10 Å². The quantitative estimate of drug-likeness (QED) is 0.843. The zero-order chi connectivity index (χ0) is 14.7. The highest BCUT2D eigenvalue weighted by Crippen LogP contribution is 2.26. The lowest BCUT2D eigenvalue weighted by atomic mass is 10.1. The van der Waals surface area contributed by atoms with Crippen LogP contribution >= 0.6 is 0 Å². The Balaban J connectivity index is 2.12. The van der Waals surface area contributed by atoms with Gasteiger partial charge in [0.2, 0.25) is 0 Å². The topological polar surface area (TPSA) is 59.8 Å². The number of rotatable bonds is 5. The largest absolute Gasteiger partial charge is 0.391 e. The van der Waals surface area contributed by atoms with Crippen molar-refractivity contribution in [1.29, 1.82) is 0 Å². The Morgan fingerprint density at radius 3 is 2.75 bits per heavy atom. The zero-order valence-electron chi connectivity index (χ0n) is 12.5. The van der Waals surface area contributed by atoms with Crippen LogP contribution in [0, 0.1) is 0 Å². The highest BCUT2D eigenvalue weighted by atomic mass is 16.3. The maximum absolute atomic E-state index is 9.90. The van der Waals surface area contributed by atoms with Gasteiger partial charge in [-0.3, -0.25) is 4.98 Å². The second kappa shape index (κ2) is 6.52. The first-order valence-electron chi connectivity index (χ1n) is 7.24. The lowest BCUT2D eigenvalue weighted by Crippen LogP contribution is -2.37. The molecule has 1 aromatic rings. The van der Waals surface area contributed by atoms with Crippen LogP contribution in [0.25, 0.3) is 0 Å². The summed E-state index contributed by atoms with van der Waals surface area (Å²) in [7, 11) is 4.09. The van der Waals surface area contributed by atoms with Crippen molar-refractivity contribution in [3.8, 4) is 0 Å². The van der Waals surface area contributed by atoms with Crippen LogP contribution in [0.2, 0.25) is 0 Å². The van der Waals surface area contributed by atoms with Crippen molar-refractivity contribution >= 4 is 5.69 Å². The molecular weight excluding hydrogens is 254 g/mol. The Morgan fingerprint density at radius 2 is 2.20 bits per heavy atom. The first kappa shape index (κ1) is 15.2. The van der Waals surface area contributed by atoms with Crippen molar-refractivity contribution in [1.82, 2.24) is 9.88 Å². The third-order valence-electron chi connectivity index (χ3n) is 3.80. The molecule has 0 bridgehead atoms. The molecule has 1 aliphatic rings. The molecule has 5 nitrogen and oxygen atoms in total. The summed E-state index contributed by atoms with van der Waals surface area (Å²) in [6, 6.07) is 4.17. The van der Waals surface area contributed by atoms with Crippen molar-refractivity contribution in [3.63, 3.8) is 0 Å². The van der Waals surface area contributed by atoms with E-state index in [9.17, 15) is 10.2 Å². The molecule has 3 atom stereocenters. The maximum Gasteiger partial charge on any atom is 0.0957 e. The molecule has 20 heavy (non-hydrogen) atoms. The van der Waals surface area contributed by atoms with Crippen molar-refractivity contribution in [2.24, 2.45) is 0 Å². The Kier molecular flexibility index (Phi) is 4.96. The fourth-order valence-corrected chi connectivity index (χ4v) is 2.78. The Bertz CT molecular complexity index is 422. The standard InChI is InChI=1S/C15H25N3O2/c1-4-15(20)14-6-5-11(8-16-14)18-10-13(19)7-12(18)9-17(2)3/h5-6,8,12-13,15,19-20H,4,7,9-10H2,1-3H3. The number of aliphatic hydroxyl groups is 2. The van der Waals surface area contributed by atoms with Gasteiger partial charge in [0.15, 0.2) is 0 Å². The van der Waals surface area contributed by atoms with Gasteiger partial charge < -0.3 is 20.0 Å². The third-order valence-corrected chi connectivity index (χ3v) is 3.80. The fourth-order valence-electron chi connectivity index (χ4n) is 2.78. The maximum atomic E-state index is 9.90. The second-order valence-corrected chi connectivity index (χ2v) is 5.82. The van der Waals surface area contributed by atoms with E-state index in [2.05, 4.69) is 14.8 Å². The van der Waals surface area contributed by atoms with E-state index in [1.54, 1.807) is 6.20 Å². The van der Waals surface area contributed by atoms with Crippen molar-refractivity contribution in [2.45, 2.75) is 38.0 Å². The monoisotopic (exact) mass is 279 g/mol. The number of anilines is 1. The van der Waals surface area contributed by atoms with Crippen LogP contribution < -0.4 is 4.90 Å². The number of aromatic nitrogens is 1. The number of pyridine rings is 1. The Labute approximate surface area is 120 Å². The van der Waals surface area contributed by atoms with Crippen LogP contribution in [0.3, 0.4) is 0 Å². The van der Waals surface area contributed by atoms with E-state index in [4.69, 9.17) is 0 Å². The molecule has 112 valence electrons. The average Bonchev–Trinajstić information content (AvgIpc) is 2.78. The number of β-amino-alcohol motifs (C(OH)–C–C–N with tert-alkyl or cyclic N) is 1. The minimum Gasteiger partial charge on any atom is -0.391 e. The van der Waals surface area contributed by atoms with Crippen LogP contribution in [0.1, 0.15) is 31.6 Å². The molecule has 3 unspecified atom stereocenters. The molecular formula is C15H25N3O2. The van der Waals surface area contributed by atoms with Crippen LogP contribution in [-0.4, -0.2) is 59.4 Å². The first-order chi connectivity index (χ1) is 9.51. The molecule has 1 aliphatic heterocycles. The molecule has 2 rings (SSSR count). The molecule has 2 heterocycles. The van der Waals surface area contributed by atoms with E-state index >= 15 is 0 Å².